The van der Waals surface area contributed by atoms with Crippen LogP contribution in [-0.2, 0) is 4.74 Å². The van der Waals surface area contributed by atoms with E-state index in [1.165, 1.54) is 6.07 Å². The Morgan fingerprint density at radius 1 is 1.57 bits per heavy atom. The van der Waals surface area contributed by atoms with Crippen LogP contribution in [0.1, 0.15) is 38.4 Å². The first-order valence-electron chi connectivity index (χ1n) is 7.36. The molecule has 0 aliphatic carbocycles. The molecule has 1 fully saturated rings. The van der Waals surface area contributed by atoms with Crippen molar-refractivity contribution in [1.29, 1.82) is 0 Å². The molecule has 1 aliphatic rings. The molecule has 1 unspecified atom stereocenters. The maximum Gasteiger partial charge on any atom is 0.292 e. The van der Waals surface area contributed by atoms with Crippen molar-refractivity contribution in [2.24, 2.45) is 0 Å². The molecule has 2 rings (SSSR count). The third-order valence-corrected chi connectivity index (χ3v) is 3.85. The number of ether oxygens (including phenoxy) is 1. The van der Waals surface area contributed by atoms with E-state index in [0.717, 1.165) is 19.4 Å². The monoisotopic (exact) mass is 294 g/mol. The summed E-state index contributed by atoms with van der Waals surface area (Å²) in [6.45, 7) is 5.68. The molecule has 0 spiro atoms. The van der Waals surface area contributed by atoms with Crippen LogP contribution in [0.4, 0.5) is 11.4 Å². The topological polar surface area (TPSA) is 75.8 Å². The number of benzene rings is 1. The van der Waals surface area contributed by atoms with Crippen LogP contribution in [0.3, 0.4) is 0 Å². The molecule has 1 aliphatic heterocycles. The van der Waals surface area contributed by atoms with Crippen molar-refractivity contribution in [1.82, 2.24) is 0 Å². The summed E-state index contributed by atoms with van der Waals surface area (Å²) < 4.78 is 5.62. The summed E-state index contributed by atoms with van der Waals surface area (Å²) in [6.07, 6.45) is 1.47. The fraction of sp³-hybridized carbons (Fsp3) is 0.600. The first kappa shape index (κ1) is 15.7. The Labute approximate surface area is 124 Å². The van der Waals surface area contributed by atoms with Crippen LogP contribution in [0.5, 0.6) is 0 Å². The van der Waals surface area contributed by atoms with E-state index in [2.05, 4.69) is 0 Å². The second-order valence-corrected chi connectivity index (χ2v) is 5.35. The lowest BCUT2D eigenvalue weighted by atomic mass is 10.1. The van der Waals surface area contributed by atoms with Gasteiger partial charge < -0.3 is 14.7 Å². The zero-order chi connectivity index (χ0) is 15.4. The summed E-state index contributed by atoms with van der Waals surface area (Å²) in [5, 5.41) is 20.9. The molecule has 21 heavy (non-hydrogen) atoms. The highest BCUT2D eigenvalue weighted by molar-refractivity contribution is 5.64. The third-order valence-electron chi connectivity index (χ3n) is 3.85. The maximum absolute atomic E-state index is 11.3. The molecule has 0 aromatic heterocycles. The van der Waals surface area contributed by atoms with E-state index in [-0.39, 0.29) is 16.7 Å². The number of anilines is 1. The summed E-state index contributed by atoms with van der Waals surface area (Å²) >= 11 is 0. The zero-order valence-corrected chi connectivity index (χ0v) is 12.5. The molecule has 1 N–H and O–H groups in total. The lowest BCUT2D eigenvalue weighted by Crippen LogP contribution is -2.32. The molecule has 6 heteroatoms. The zero-order valence-electron chi connectivity index (χ0n) is 12.5. The Balaban J connectivity index is 2.28. The maximum atomic E-state index is 11.3. The quantitative estimate of drug-likeness (QED) is 0.645. The smallest absolute Gasteiger partial charge is 0.292 e. The van der Waals surface area contributed by atoms with Gasteiger partial charge >= 0.3 is 0 Å². The summed E-state index contributed by atoms with van der Waals surface area (Å²) in [7, 11) is 0. The number of likely N-dealkylation sites (N-methyl/N-ethyl adjacent to an activating group) is 1. The van der Waals surface area contributed by atoms with Crippen molar-refractivity contribution in [3.05, 3.63) is 33.9 Å². The standard InChI is InChI=1S/C15H22N2O4/c1-3-16(10-13-5-4-8-21-13)14-7-6-12(11(2)18)9-15(14)17(19)20/h6-7,9,11,13,18H,3-5,8,10H2,1-2H3/t11-,13?/m1/s1. The number of nitrogens with zero attached hydrogens (tertiary/aromatic N) is 2. The van der Waals surface area contributed by atoms with Crippen molar-refractivity contribution in [3.8, 4) is 0 Å². The Kier molecular flexibility index (Phi) is 5.14. The van der Waals surface area contributed by atoms with Gasteiger partial charge in [-0.3, -0.25) is 10.1 Å². The van der Waals surface area contributed by atoms with Crippen LogP contribution in [0, 0.1) is 10.1 Å². The van der Waals surface area contributed by atoms with Gasteiger partial charge in [0.25, 0.3) is 5.69 Å². The van der Waals surface area contributed by atoms with Crippen molar-refractivity contribution in [2.45, 2.75) is 38.9 Å². The van der Waals surface area contributed by atoms with E-state index in [1.54, 1.807) is 19.1 Å². The number of hydrogen-bond donors (Lipinski definition) is 1. The molecule has 0 bridgehead atoms. The minimum absolute atomic E-state index is 0.0354. The molecule has 0 amide bonds. The molecule has 1 aromatic rings. The van der Waals surface area contributed by atoms with Gasteiger partial charge in [-0.05, 0) is 38.3 Å². The van der Waals surface area contributed by atoms with E-state index in [0.29, 0.717) is 24.3 Å². The number of aliphatic hydroxyl groups is 1. The lowest BCUT2D eigenvalue weighted by Gasteiger charge is -2.26. The van der Waals surface area contributed by atoms with Gasteiger partial charge in [0.2, 0.25) is 0 Å². The molecule has 0 saturated carbocycles. The molecule has 1 saturated heterocycles. The molecule has 0 radical (unpaired) electrons. The summed E-state index contributed by atoms with van der Waals surface area (Å²) in [6, 6.07) is 4.92. The molecular weight excluding hydrogens is 272 g/mol. The first-order chi connectivity index (χ1) is 10.0. The SMILES string of the molecule is CCN(CC1CCCO1)c1ccc([C@@H](C)O)cc1[N+](=O)[O-]. The van der Waals surface area contributed by atoms with Crippen LogP contribution in [0.15, 0.2) is 18.2 Å². The van der Waals surface area contributed by atoms with Crippen molar-refractivity contribution in [2.75, 3.05) is 24.6 Å². The summed E-state index contributed by atoms with van der Waals surface area (Å²) in [5.74, 6) is 0. The largest absolute Gasteiger partial charge is 0.389 e. The Hall–Kier alpha value is -1.66. The highest BCUT2D eigenvalue weighted by atomic mass is 16.6. The van der Waals surface area contributed by atoms with Crippen LogP contribution in [0.2, 0.25) is 0 Å². The van der Waals surface area contributed by atoms with Crippen LogP contribution in [-0.4, -0.2) is 35.8 Å². The van der Waals surface area contributed by atoms with E-state index >= 15 is 0 Å². The molecule has 1 aromatic carbocycles. The molecule has 116 valence electrons. The number of nitro benzene ring substituents is 1. The number of rotatable bonds is 6. The minimum atomic E-state index is -0.717. The fourth-order valence-corrected chi connectivity index (χ4v) is 2.65. The van der Waals surface area contributed by atoms with Gasteiger partial charge in [-0.1, -0.05) is 6.07 Å². The van der Waals surface area contributed by atoms with Crippen molar-refractivity contribution in [3.63, 3.8) is 0 Å². The summed E-state index contributed by atoms with van der Waals surface area (Å²) in [5.41, 5.74) is 1.18. The predicted octanol–water partition coefficient (Wildman–Crippen LogP) is 2.65. The van der Waals surface area contributed by atoms with Gasteiger partial charge in [0, 0.05) is 25.8 Å². The molecule has 6 nitrogen and oxygen atoms in total. The first-order valence-corrected chi connectivity index (χ1v) is 7.36. The third kappa shape index (κ3) is 3.71. The highest BCUT2D eigenvalue weighted by Crippen LogP contribution is 2.32. The highest BCUT2D eigenvalue weighted by Gasteiger charge is 2.24. The van der Waals surface area contributed by atoms with Crippen molar-refractivity contribution >= 4 is 11.4 Å². The van der Waals surface area contributed by atoms with Gasteiger partial charge in [0.05, 0.1) is 17.1 Å². The number of nitro groups is 1. The molecule has 1 heterocycles. The van der Waals surface area contributed by atoms with E-state index < -0.39 is 6.10 Å². The fourth-order valence-electron chi connectivity index (χ4n) is 2.65. The normalized spacial score (nSPS) is 19.5. The van der Waals surface area contributed by atoms with Gasteiger partial charge in [-0.15, -0.1) is 0 Å². The van der Waals surface area contributed by atoms with Crippen molar-refractivity contribution < 1.29 is 14.8 Å². The number of aliphatic hydroxyl groups excluding tert-OH is 1. The minimum Gasteiger partial charge on any atom is -0.389 e. The van der Waals surface area contributed by atoms with Gasteiger partial charge in [0.15, 0.2) is 0 Å². The van der Waals surface area contributed by atoms with E-state index in [9.17, 15) is 15.2 Å². The average Bonchev–Trinajstić information content (AvgIpc) is 2.97. The Bertz CT molecular complexity index is 498. The van der Waals surface area contributed by atoms with Gasteiger partial charge in [-0.25, -0.2) is 0 Å². The second kappa shape index (κ2) is 6.87. The van der Waals surface area contributed by atoms with Gasteiger partial charge in [-0.2, -0.15) is 0 Å². The van der Waals surface area contributed by atoms with Crippen LogP contribution >= 0.6 is 0 Å². The Morgan fingerprint density at radius 3 is 2.86 bits per heavy atom. The molecule has 2 atom stereocenters. The second-order valence-electron chi connectivity index (χ2n) is 5.35. The van der Waals surface area contributed by atoms with E-state index in [4.69, 9.17) is 4.74 Å². The van der Waals surface area contributed by atoms with E-state index in [1.807, 2.05) is 11.8 Å². The van der Waals surface area contributed by atoms with Crippen LogP contribution < -0.4 is 4.90 Å². The summed E-state index contributed by atoms with van der Waals surface area (Å²) in [4.78, 5) is 12.9. The molecular formula is C15H22N2O4. The average molecular weight is 294 g/mol. The van der Waals surface area contributed by atoms with Gasteiger partial charge in [0.1, 0.15) is 5.69 Å². The lowest BCUT2D eigenvalue weighted by molar-refractivity contribution is -0.384. The Morgan fingerprint density at radius 2 is 2.33 bits per heavy atom. The number of hydrogen-bond acceptors (Lipinski definition) is 5. The predicted molar refractivity (Wildman–Crippen MR) is 80.6 cm³/mol. The van der Waals surface area contributed by atoms with Crippen LogP contribution in [0.25, 0.3) is 0 Å².